The Balaban J connectivity index is 0.00000121. The van der Waals surface area contributed by atoms with Crippen LogP contribution in [0.1, 0.15) is 25.7 Å². The fourth-order valence-electron chi connectivity index (χ4n) is 1.60. The maximum atomic E-state index is 5.29. The molecule has 74 valence electrons. The van der Waals surface area contributed by atoms with Crippen LogP contribution >= 0.6 is 12.4 Å². The molecule has 0 radical (unpaired) electrons. The zero-order valence-corrected chi connectivity index (χ0v) is 8.66. The molecule has 0 bridgehead atoms. The van der Waals surface area contributed by atoms with Gasteiger partial charge >= 0.3 is 0 Å². The van der Waals surface area contributed by atoms with Gasteiger partial charge in [0.2, 0.25) is 0 Å². The second kappa shape index (κ2) is 7.84. The quantitative estimate of drug-likeness (QED) is 0.688. The lowest BCUT2D eigenvalue weighted by Crippen LogP contribution is -2.17. The van der Waals surface area contributed by atoms with Crippen molar-refractivity contribution in [1.82, 2.24) is 5.32 Å². The maximum absolute atomic E-state index is 5.29. The molecule has 0 aromatic rings. The van der Waals surface area contributed by atoms with E-state index in [1.165, 1.54) is 25.7 Å². The molecule has 0 unspecified atom stereocenters. The minimum absolute atomic E-state index is 0. The van der Waals surface area contributed by atoms with Gasteiger partial charge in [0, 0.05) is 13.2 Å². The normalized spacial score (nSPS) is 18.8. The molecule has 1 aliphatic rings. The summed E-state index contributed by atoms with van der Waals surface area (Å²) in [7, 11) is 2.02. The molecule has 1 N–H and O–H groups in total. The number of halogens is 1. The second-order valence-electron chi connectivity index (χ2n) is 3.30. The van der Waals surface area contributed by atoms with Crippen LogP contribution in [0.2, 0.25) is 0 Å². The van der Waals surface area contributed by atoms with Crippen molar-refractivity contribution in [2.24, 2.45) is 5.92 Å². The van der Waals surface area contributed by atoms with Crippen LogP contribution in [0.3, 0.4) is 0 Å². The molecule has 1 fully saturated rings. The molecular formula is C9H20ClNO. The fourth-order valence-corrected chi connectivity index (χ4v) is 1.60. The fraction of sp³-hybridized carbons (Fsp3) is 1.00. The number of rotatable bonds is 4. The molecule has 1 saturated heterocycles. The monoisotopic (exact) mass is 193 g/mol. The summed E-state index contributed by atoms with van der Waals surface area (Å²) in [4.78, 5) is 0. The highest BCUT2D eigenvalue weighted by Gasteiger charge is 2.12. The molecule has 1 rings (SSSR count). The van der Waals surface area contributed by atoms with E-state index in [9.17, 15) is 0 Å². The first-order valence-corrected chi connectivity index (χ1v) is 4.66. The molecule has 3 heteroatoms. The molecule has 2 nitrogen and oxygen atoms in total. The van der Waals surface area contributed by atoms with Crippen molar-refractivity contribution in [2.45, 2.75) is 25.7 Å². The smallest absolute Gasteiger partial charge is 0.0468 e. The summed E-state index contributed by atoms with van der Waals surface area (Å²) in [5.74, 6) is 0.942. The Labute approximate surface area is 81.5 Å². The first-order valence-electron chi connectivity index (χ1n) is 4.66. The van der Waals surface area contributed by atoms with Gasteiger partial charge in [-0.25, -0.2) is 0 Å². The number of hydrogen-bond donors (Lipinski definition) is 1. The Morgan fingerprint density at radius 3 is 2.58 bits per heavy atom. The summed E-state index contributed by atoms with van der Waals surface area (Å²) in [5.41, 5.74) is 0. The Bertz CT molecular complexity index is 94.5. The lowest BCUT2D eigenvalue weighted by atomic mass is 9.95. The summed E-state index contributed by atoms with van der Waals surface area (Å²) in [6.45, 7) is 3.14. The topological polar surface area (TPSA) is 21.3 Å². The first kappa shape index (κ1) is 12.2. The van der Waals surface area contributed by atoms with E-state index < -0.39 is 0 Å². The van der Waals surface area contributed by atoms with Crippen LogP contribution in [0, 0.1) is 5.92 Å². The Morgan fingerprint density at radius 1 is 1.33 bits per heavy atom. The average Bonchev–Trinajstić information content (AvgIpc) is 2.07. The van der Waals surface area contributed by atoms with Crippen LogP contribution in [0.15, 0.2) is 0 Å². The average molecular weight is 194 g/mol. The second-order valence-corrected chi connectivity index (χ2v) is 3.30. The summed E-state index contributed by atoms with van der Waals surface area (Å²) in [6, 6.07) is 0. The molecule has 0 saturated carbocycles. The minimum atomic E-state index is 0. The SMILES string of the molecule is CNCCCC1CCOCC1.Cl. The van der Waals surface area contributed by atoms with Crippen LogP contribution in [0.4, 0.5) is 0 Å². The molecule has 12 heavy (non-hydrogen) atoms. The van der Waals surface area contributed by atoms with Gasteiger partial charge in [0.1, 0.15) is 0 Å². The van der Waals surface area contributed by atoms with Gasteiger partial charge in [-0.1, -0.05) is 0 Å². The molecule has 1 aliphatic heterocycles. The van der Waals surface area contributed by atoms with Crippen molar-refractivity contribution in [3.63, 3.8) is 0 Å². The minimum Gasteiger partial charge on any atom is -0.381 e. The van der Waals surface area contributed by atoms with E-state index in [4.69, 9.17) is 4.74 Å². The van der Waals surface area contributed by atoms with E-state index in [1.807, 2.05) is 7.05 Å². The highest BCUT2D eigenvalue weighted by Crippen LogP contribution is 2.19. The maximum Gasteiger partial charge on any atom is 0.0468 e. The van der Waals surface area contributed by atoms with Gasteiger partial charge in [0.05, 0.1) is 0 Å². The number of nitrogens with one attached hydrogen (secondary N) is 1. The molecule has 0 aromatic carbocycles. The van der Waals surface area contributed by atoms with Crippen molar-refractivity contribution >= 4 is 12.4 Å². The van der Waals surface area contributed by atoms with Gasteiger partial charge < -0.3 is 10.1 Å². The van der Waals surface area contributed by atoms with Crippen molar-refractivity contribution in [3.05, 3.63) is 0 Å². The Kier molecular flexibility index (Phi) is 7.98. The van der Waals surface area contributed by atoms with Gasteiger partial charge in [0.15, 0.2) is 0 Å². The molecule has 1 heterocycles. The standard InChI is InChI=1S/C9H19NO.ClH/c1-10-6-2-3-9-4-7-11-8-5-9;/h9-10H,2-8H2,1H3;1H. The highest BCUT2D eigenvalue weighted by molar-refractivity contribution is 5.85. The van der Waals surface area contributed by atoms with E-state index in [1.54, 1.807) is 0 Å². The Hall–Kier alpha value is 0.210. The van der Waals surface area contributed by atoms with E-state index in [0.717, 1.165) is 25.7 Å². The first-order chi connectivity index (χ1) is 5.43. The molecule has 0 spiro atoms. The zero-order chi connectivity index (χ0) is 7.94. The van der Waals surface area contributed by atoms with Gasteiger partial charge in [0.25, 0.3) is 0 Å². The van der Waals surface area contributed by atoms with Crippen molar-refractivity contribution in [2.75, 3.05) is 26.8 Å². The molecule has 0 aliphatic carbocycles. The molecule has 0 atom stereocenters. The van der Waals surface area contributed by atoms with Gasteiger partial charge in [-0.3, -0.25) is 0 Å². The third-order valence-corrected chi connectivity index (χ3v) is 2.38. The summed E-state index contributed by atoms with van der Waals surface area (Å²) in [6.07, 6.45) is 5.26. The predicted octanol–water partition coefficient (Wildman–Crippen LogP) is 1.83. The third kappa shape index (κ3) is 4.96. The van der Waals surface area contributed by atoms with Crippen LogP contribution in [-0.4, -0.2) is 26.8 Å². The Morgan fingerprint density at radius 2 is 2.00 bits per heavy atom. The lowest BCUT2D eigenvalue weighted by molar-refractivity contribution is 0.0634. The lowest BCUT2D eigenvalue weighted by Gasteiger charge is -2.21. The van der Waals surface area contributed by atoms with Crippen LogP contribution in [0.25, 0.3) is 0 Å². The van der Waals surface area contributed by atoms with Gasteiger partial charge in [-0.2, -0.15) is 0 Å². The van der Waals surface area contributed by atoms with Crippen molar-refractivity contribution in [3.8, 4) is 0 Å². The third-order valence-electron chi connectivity index (χ3n) is 2.38. The van der Waals surface area contributed by atoms with Crippen LogP contribution in [-0.2, 0) is 4.74 Å². The van der Waals surface area contributed by atoms with E-state index in [-0.39, 0.29) is 12.4 Å². The van der Waals surface area contributed by atoms with E-state index in [2.05, 4.69) is 5.32 Å². The van der Waals surface area contributed by atoms with Gasteiger partial charge in [-0.05, 0) is 45.2 Å². The zero-order valence-electron chi connectivity index (χ0n) is 7.84. The van der Waals surface area contributed by atoms with Crippen molar-refractivity contribution < 1.29 is 4.74 Å². The largest absolute Gasteiger partial charge is 0.381 e. The van der Waals surface area contributed by atoms with Crippen LogP contribution < -0.4 is 5.32 Å². The van der Waals surface area contributed by atoms with E-state index in [0.29, 0.717) is 0 Å². The number of hydrogen-bond acceptors (Lipinski definition) is 2. The number of ether oxygens (including phenoxy) is 1. The summed E-state index contributed by atoms with van der Waals surface area (Å²) >= 11 is 0. The van der Waals surface area contributed by atoms with Gasteiger partial charge in [-0.15, -0.1) is 12.4 Å². The van der Waals surface area contributed by atoms with E-state index >= 15 is 0 Å². The predicted molar refractivity (Wildman–Crippen MR) is 54.0 cm³/mol. The molecule has 0 aromatic heterocycles. The highest BCUT2D eigenvalue weighted by atomic mass is 35.5. The van der Waals surface area contributed by atoms with Crippen molar-refractivity contribution in [1.29, 1.82) is 0 Å². The summed E-state index contributed by atoms with van der Waals surface area (Å²) < 4.78 is 5.29. The van der Waals surface area contributed by atoms with Crippen LogP contribution in [0.5, 0.6) is 0 Å². The molecule has 0 amide bonds. The summed E-state index contributed by atoms with van der Waals surface area (Å²) in [5, 5.41) is 3.18. The molecular weight excluding hydrogens is 174 g/mol.